The first kappa shape index (κ1) is 17.2. The third-order valence-electron chi connectivity index (χ3n) is 3.75. The highest BCUT2D eigenvalue weighted by atomic mass is 16.5. The summed E-state index contributed by atoms with van der Waals surface area (Å²) in [4.78, 5) is 27.0. The van der Waals surface area contributed by atoms with Crippen molar-refractivity contribution in [2.75, 3.05) is 11.9 Å². The number of carbonyl (C=O) groups excluding carboxylic acids is 1. The van der Waals surface area contributed by atoms with Crippen molar-refractivity contribution in [3.05, 3.63) is 46.6 Å². The second kappa shape index (κ2) is 6.67. The summed E-state index contributed by atoms with van der Waals surface area (Å²) >= 11 is 0. The molecule has 0 unspecified atom stereocenters. The number of aromatic amines is 1. The SMILES string of the molecule is CCOC(=O)Nc1cc(O)ccc1-c1cc(=O)c2c(O)ccc(O)c2[nH]1. The molecule has 0 aliphatic carbocycles. The van der Waals surface area contributed by atoms with Crippen molar-refractivity contribution in [2.45, 2.75) is 6.92 Å². The number of pyridine rings is 1. The van der Waals surface area contributed by atoms with Crippen molar-refractivity contribution in [3.63, 3.8) is 0 Å². The Hall–Kier alpha value is -3.68. The van der Waals surface area contributed by atoms with Gasteiger partial charge < -0.3 is 25.0 Å². The van der Waals surface area contributed by atoms with Gasteiger partial charge in [-0.2, -0.15) is 0 Å². The summed E-state index contributed by atoms with van der Waals surface area (Å²) in [5.41, 5.74) is 0.408. The summed E-state index contributed by atoms with van der Waals surface area (Å²) in [6.45, 7) is 1.82. The van der Waals surface area contributed by atoms with E-state index in [0.717, 1.165) is 0 Å². The van der Waals surface area contributed by atoms with E-state index in [1.165, 1.54) is 36.4 Å². The fraction of sp³-hybridized carbons (Fsp3) is 0.111. The molecule has 0 fully saturated rings. The minimum Gasteiger partial charge on any atom is -0.508 e. The monoisotopic (exact) mass is 356 g/mol. The molecular formula is C18H16N2O6. The van der Waals surface area contributed by atoms with Gasteiger partial charge in [-0.1, -0.05) is 0 Å². The Morgan fingerprint density at radius 3 is 2.58 bits per heavy atom. The third kappa shape index (κ3) is 3.12. The molecule has 3 aromatic rings. The zero-order chi connectivity index (χ0) is 18.8. The van der Waals surface area contributed by atoms with Crippen LogP contribution in [0.4, 0.5) is 10.5 Å². The van der Waals surface area contributed by atoms with Crippen LogP contribution in [0.3, 0.4) is 0 Å². The number of H-pyrrole nitrogens is 1. The number of ether oxygens (including phenoxy) is 1. The van der Waals surface area contributed by atoms with E-state index >= 15 is 0 Å². The summed E-state index contributed by atoms with van der Waals surface area (Å²) in [6.07, 6.45) is -0.719. The van der Waals surface area contributed by atoms with Crippen LogP contribution in [0.5, 0.6) is 17.2 Å². The quantitative estimate of drug-likeness (QED) is 0.459. The van der Waals surface area contributed by atoms with Gasteiger partial charge in [-0.05, 0) is 31.2 Å². The predicted molar refractivity (Wildman–Crippen MR) is 95.6 cm³/mol. The Bertz CT molecular complexity index is 1060. The molecule has 2 aromatic carbocycles. The van der Waals surface area contributed by atoms with Gasteiger partial charge in [0, 0.05) is 17.7 Å². The van der Waals surface area contributed by atoms with Gasteiger partial charge in [0.2, 0.25) is 0 Å². The number of fused-ring (bicyclic) bond motifs is 1. The number of rotatable bonds is 3. The van der Waals surface area contributed by atoms with E-state index in [1.807, 2.05) is 0 Å². The van der Waals surface area contributed by atoms with Crippen molar-refractivity contribution >= 4 is 22.7 Å². The van der Waals surface area contributed by atoms with Crippen LogP contribution in [-0.4, -0.2) is 33.0 Å². The molecule has 8 nitrogen and oxygen atoms in total. The third-order valence-corrected chi connectivity index (χ3v) is 3.75. The smallest absolute Gasteiger partial charge is 0.411 e. The normalized spacial score (nSPS) is 10.7. The highest BCUT2D eigenvalue weighted by molar-refractivity contribution is 5.94. The Morgan fingerprint density at radius 1 is 1.12 bits per heavy atom. The molecule has 0 bridgehead atoms. The Morgan fingerprint density at radius 2 is 1.85 bits per heavy atom. The van der Waals surface area contributed by atoms with Crippen molar-refractivity contribution in [2.24, 2.45) is 0 Å². The minimum atomic E-state index is -0.719. The molecule has 0 saturated heterocycles. The van der Waals surface area contributed by atoms with Crippen LogP contribution in [0.1, 0.15) is 6.92 Å². The molecule has 1 aromatic heterocycles. The molecule has 1 amide bonds. The maximum atomic E-state index is 12.4. The van der Waals surface area contributed by atoms with Crippen molar-refractivity contribution in [3.8, 4) is 28.5 Å². The number of benzene rings is 2. The Labute approximate surface area is 147 Å². The lowest BCUT2D eigenvalue weighted by Crippen LogP contribution is -2.14. The van der Waals surface area contributed by atoms with E-state index in [9.17, 15) is 24.9 Å². The van der Waals surface area contributed by atoms with Crippen molar-refractivity contribution in [1.29, 1.82) is 0 Å². The van der Waals surface area contributed by atoms with Gasteiger partial charge in [0.15, 0.2) is 5.43 Å². The van der Waals surface area contributed by atoms with Crippen LogP contribution >= 0.6 is 0 Å². The van der Waals surface area contributed by atoms with Gasteiger partial charge in [-0.3, -0.25) is 10.1 Å². The summed E-state index contributed by atoms with van der Waals surface area (Å²) in [6, 6.07) is 7.89. The summed E-state index contributed by atoms with van der Waals surface area (Å²) in [5.74, 6) is -0.569. The van der Waals surface area contributed by atoms with Crippen LogP contribution in [0, 0.1) is 0 Å². The molecule has 3 rings (SSSR count). The topological polar surface area (TPSA) is 132 Å². The highest BCUT2D eigenvalue weighted by Gasteiger charge is 2.15. The fourth-order valence-electron chi connectivity index (χ4n) is 2.62. The zero-order valence-corrected chi connectivity index (χ0v) is 13.7. The second-order valence-corrected chi connectivity index (χ2v) is 5.48. The molecule has 0 atom stereocenters. The van der Waals surface area contributed by atoms with Crippen LogP contribution < -0.4 is 10.7 Å². The van der Waals surface area contributed by atoms with Gasteiger partial charge in [0.1, 0.15) is 17.2 Å². The van der Waals surface area contributed by atoms with E-state index in [4.69, 9.17) is 4.74 Å². The Kier molecular flexibility index (Phi) is 4.40. The van der Waals surface area contributed by atoms with Gasteiger partial charge in [-0.25, -0.2) is 4.79 Å². The van der Waals surface area contributed by atoms with Gasteiger partial charge in [0.05, 0.1) is 28.9 Å². The lowest BCUT2D eigenvalue weighted by molar-refractivity contribution is 0.168. The molecule has 0 spiro atoms. The van der Waals surface area contributed by atoms with Crippen LogP contribution in [0.15, 0.2) is 41.2 Å². The first-order valence-electron chi connectivity index (χ1n) is 7.76. The average Bonchev–Trinajstić information content (AvgIpc) is 2.58. The first-order valence-corrected chi connectivity index (χ1v) is 7.76. The van der Waals surface area contributed by atoms with Crippen LogP contribution in [0.25, 0.3) is 22.2 Å². The predicted octanol–water partition coefficient (Wildman–Crippen LogP) is 2.88. The highest BCUT2D eigenvalue weighted by Crippen LogP contribution is 2.33. The first-order chi connectivity index (χ1) is 12.4. The van der Waals surface area contributed by atoms with E-state index in [2.05, 4.69) is 10.3 Å². The number of aromatic hydroxyl groups is 3. The van der Waals surface area contributed by atoms with E-state index in [-0.39, 0.29) is 46.1 Å². The van der Waals surface area contributed by atoms with E-state index < -0.39 is 11.5 Å². The number of hydrogen-bond acceptors (Lipinski definition) is 6. The van der Waals surface area contributed by atoms with Gasteiger partial charge in [0.25, 0.3) is 0 Å². The molecule has 8 heteroatoms. The van der Waals surface area contributed by atoms with E-state index in [1.54, 1.807) is 6.92 Å². The largest absolute Gasteiger partial charge is 0.508 e. The number of anilines is 1. The molecule has 0 radical (unpaired) electrons. The van der Waals surface area contributed by atoms with E-state index in [0.29, 0.717) is 5.56 Å². The van der Waals surface area contributed by atoms with Crippen molar-refractivity contribution < 1.29 is 24.9 Å². The maximum Gasteiger partial charge on any atom is 0.411 e. The van der Waals surface area contributed by atoms with Crippen molar-refractivity contribution in [1.82, 2.24) is 4.98 Å². The lowest BCUT2D eigenvalue weighted by atomic mass is 10.1. The molecule has 26 heavy (non-hydrogen) atoms. The summed E-state index contributed by atoms with van der Waals surface area (Å²) in [7, 11) is 0. The minimum absolute atomic E-state index is 0.0487. The summed E-state index contributed by atoms with van der Waals surface area (Å²) in [5, 5.41) is 32.0. The fourth-order valence-corrected chi connectivity index (χ4v) is 2.62. The maximum absolute atomic E-state index is 12.4. The number of nitrogens with one attached hydrogen (secondary N) is 2. The standard InChI is InChI=1S/C18H16N2O6/c1-2-26-18(25)20-11-7-9(21)3-4-10(11)12-8-15(24)16-13(22)5-6-14(23)17(16)19-12/h3-8,21-23H,2H2,1H3,(H,19,24)(H,20,25). The summed E-state index contributed by atoms with van der Waals surface area (Å²) < 4.78 is 4.83. The molecule has 0 saturated carbocycles. The number of carbonyl (C=O) groups is 1. The molecule has 5 N–H and O–H groups in total. The molecule has 134 valence electrons. The number of phenols is 3. The second-order valence-electron chi connectivity index (χ2n) is 5.48. The number of aromatic nitrogens is 1. The lowest BCUT2D eigenvalue weighted by Gasteiger charge is -2.13. The van der Waals surface area contributed by atoms with Gasteiger partial charge >= 0.3 is 6.09 Å². The molecule has 0 aliphatic rings. The molecular weight excluding hydrogens is 340 g/mol. The number of phenolic OH excluding ortho intramolecular Hbond substituents is 3. The van der Waals surface area contributed by atoms with Gasteiger partial charge in [-0.15, -0.1) is 0 Å². The number of hydrogen-bond donors (Lipinski definition) is 5. The average molecular weight is 356 g/mol. The molecule has 1 heterocycles. The Balaban J connectivity index is 2.19. The zero-order valence-electron chi connectivity index (χ0n) is 13.7. The van der Waals surface area contributed by atoms with Crippen LogP contribution in [0.2, 0.25) is 0 Å². The number of amides is 1. The van der Waals surface area contributed by atoms with Crippen LogP contribution in [-0.2, 0) is 4.74 Å². The molecule has 0 aliphatic heterocycles.